The third-order valence-electron chi connectivity index (χ3n) is 3.92. The van der Waals surface area contributed by atoms with Crippen LogP contribution in [0.3, 0.4) is 0 Å². The van der Waals surface area contributed by atoms with Crippen LogP contribution in [-0.4, -0.2) is 22.9 Å². The van der Waals surface area contributed by atoms with E-state index >= 15 is 0 Å². The first-order chi connectivity index (χ1) is 12.4. The maximum atomic E-state index is 12.8. The maximum absolute atomic E-state index is 12.8. The van der Waals surface area contributed by atoms with Crippen LogP contribution in [0.2, 0.25) is 0 Å². The van der Waals surface area contributed by atoms with Crippen LogP contribution >= 0.6 is 0 Å². The lowest BCUT2D eigenvalue weighted by Gasteiger charge is -2.32. The molecule has 0 spiro atoms. The summed E-state index contributed by atoms with van der Waals surface area (Å²) >= 11 is 0. The molecule has 146 valence electrons. The molecule has 2 rings (SSSR count). The molecule has 0 saturated heterocycles. The van der Waals surface area contributed by atoms with Crippen molar-refractivity contribution < 1.29 is 18.0 Å². The van der Waals surface area contributed by atoms with E-state index in [2.05, 4.69) is 20.6 Å². The van der Waals surface area contributed by atoms with Gasteiger partial charge in [0.25, 0.3) is 11.5 Å². The molecule has 0 aliphatic carbocycles. The number of H-pyrrole nitrogens is 1. The average molecular weight is 382 g/mol. The normalized spacial score (nSPS) is 13.1. The number of aromatic nitrogens is 2. The molecule has 0 saturated carbocycles. The number of carbonyl (C=O) groups is 1. The molecule has 3 N–H and O–H groups in total. The van der Waals surface area contributed by atoms with Crippen LogP contribution in [0.5, 0.6) is 0 Å². The minimum Gasteiger partial charge on any atom is -0.359 e. The lowest BCUT2D eigenvalue weighted by atomic mass is 9.82. The molecule has 27 heavy (non-hydrogen) atoms. The van der Waals surface area contributed by atoms with Gasteiger partial charge in [-0.05, 0) is 23.1 Å². The van der Waals surface area contributed by atoms with E-state index in [-0.39, 0.29) is 11.6 Å². The SMILES string of the molecule is CNc1nc(C(=O)NC(c2ccc(C(F)(F)F)cc2)C(C)(C)C)cc(=O)[nH]1. The van der Waals surface area contributed by atoms with E-state index in [4.69, 9.17) is 0 Å². The minimum atomic E-state index is -4.43. The Balaban J connectivity index is 2.34. The van der Waals surface area contributed by atoms with Crippen LogP contribution in [0.25, 0.3) is 0 Å². The average Bonchev–Trinajstić information content (AvgIpc) is 2.57. The van der Waals surface area contributed by atoms with Gasteiger partial charge in [0.1, 0.15) is 5.69 Å². The first-order valence-electron chi connectivity index (χ1n) is 8.19. The Hall–Kier alpha value is -2.84. The molecule has 0 aliphatic heterocycles. The van der Waals surface area contributed by atoms with Crippen LogP contribution < -0.4 is 16.2 Å². The molecule has 0 bridgehead atoms. The Labute approximate surface area is 154 Å². The third kappa shape index (κ3) is 5.08. The number of carbonyl (C=O) groups excluding carboxylic acids is 1. The molecule has 1 amide bonds. The fourth-order valence-electron chi connectivity index (χ4n) is 2.56. The zero-order valence-corrected chi connectivity index (χ0v) is 15.4. The highest BCUT2D eigenvalue weighted by atomic mass is 19.4. The lowest BCUT2D eigenvalue weighted by molar-refractivity contribution is -0.137. The van der Waals surface area contributed by atoms with Crippen LogP contribution in [0.4, 0.5) is 19.1 Å². The fraction of sp³-hybridized carbons (Fsp3) is 0.389. The highest BCUT2D eigenvalue weighted by Crippen LogP contribution is 2.35. The summed E-state index contributed by atoms with van der Waals surface area (Å²) in [6.07, 6.45) is -4.43. The molecule has 1 heterocycles. The summed E-state index contributed by atoms with van der Waals surface area (Å²) in [5.74, 6) is -0.466. The first-order valence-corrected chi connectivity index (χ1v) is 8.19. The molecule has 0 radical (unpaired) electrons. The van der Waals surface area contributed by atoms with Gasteiger partial charge in [0, 0.05) is 13.1 Å². The molecule has 2 aromatic rings. The standard InChI is InChI=1S/C18H21F3N4O2/c1-17(2,3)14(10-5-7-11(8-6-10)18(19,20)21)25-15(27)12-9-13(26)24-16(22-4)23-12/h5-9,14H,1-4H3,(H,25,27)(H2,22,23,24,26). The second-order valence-corrected chi connectivity index (χ2v) is 7.12. The van der Waals surface area contributed by atoms with Gasteiger partial charge in [-0.1, -0.05) is 32.9 Å². The smallest absolute Gasteiger partial charge is 0.359 e. The van der Waals surface area contributed by atoms with Crippen molar-refractivity contribution in [2.75, 3.05) is 12.4 Å². The second kappa shape index (κ2) is 7.42. The Morgan fingerprint density at radius 2 is 1.74 bits per heavy atom. The number of rotatable bonds is 4. The zero-order valence-electron chi connectivity index (χ0n) is 15.4. The van der Waals surface area contributed by atoms with Gasteiger partial charge in [0.2, 0.25) is 5.95 Å². The van der Waals surface area contributed by atoms with E-state index in [1.54, 1.807) is 7.05 Å². The van der Waals surface area contributed by atoms with Crippen LogP contribution in [-0.2, 0) is 6.18 Å². The van der Waals surface area contributed by atoms with Crippen LogP contribution in [0.15, 0.2) is 35.1 Å². The highest BCUT2D eigenvalue weighted by Gasteiger charge is 2.32. The molecule has 0 aliphatic rings. The predicted octanol–water partition coefficient (Wildman–Crippen LogP) is 3.35. The van der Waals surface area contributed by atoms with Gasteiger partial charge in [-0.2, -0.15) is 13.2 Å². The number of alkyl halides is 3. The van der Waals surface area contributed by atoms with Crippen LogP contribution in [0, 0.1) is 5.41 Å². The lowest BCUT2D eigenvalue weighted by Crippen LogP contribution is -2.37. The predicted molar refractivity (Wildman–Crippen MR) is 95.5 cm³/mol. The van der Waals surface area contributed by atoms with E-state index in [1.807, 2.05) is 20.8 Å². The van der Waals surface area contributed by atoms with Crippen LogP contribution in [0.1, 0.15) is 48.4 Å². The van der Waals surface area contributed by atoms with E-state index in [0.29, 0.717) is 5.56 Å². The van der Waals surface area contributed by atoms with E-state index in [9.17, 15) is 22.8 Å². The number of halogens is 3. The fourth-order valence-corrected chi connectivity index (χ4v) is 2.56. The topological polar surface area (TPSA) is 86.9 Å². The maximum Gasteiger partial charge on any atom is 0.416 e. The largest absolute Gasteiger partial charge is 0.416 e. The van der Waals surface area contributed by atoms with Gasteiger partial charge in [0.05, 0.1) is 11.6 Å². The molecule has 9 heteroatoms. The van der Waals surface area contributed by atoms with Crippen molar-refractivity contribution in [2.45, 2.75) is 33.0 Å². The quantitative estimate of drug-likeness (QED) is 0.757. The van der Waals surface area contributed by atoms with E-state index < -0.39 is 34.7 Å². The number of hydrogen-bond donors (Lipinski definition) is 3. The van der Waals surface area contributed by atoms with Crippen molar-refractivity contribution in [3.63, 3.8) is 0 Å². The van der Waals surface area contributed by atoms with Crippen molar-refractivity contribution in [2.24, 2.45) is 5.41 Å². The van der Waals surface area contributed by atoms with Gasteiger partial charge in [0.15, 0.2) is 0 Å². The van der Waals surface area contributed by atoms with Crippen molar-refractivity contribution in [3.05, 3.63) is 57.5 Å². The Morgan fingerprint density at radius 3 is 2.22 bits per heavy atom. The summed E-state index contributed by atoms with van der Waals surface area (Å²) < 4.78 is 38.3. The number of amides is 1. The summed E-state index contributed by atoms with van der Waals surface area (Å²) in [5, 5.41) is 5.41. The summed E-state index contributed by atoms with van der Waals surface area (Å²) in [7, 11) is 1.54. The molecule has 1 unspecified atom stereocenters. The van der Waals surface area contributed by atoms with E-state index in [0.717, 1.165) is 18.2 Å². The van der Waals surface area contributed by atoms with E-state index in [1.165, 1.54) is 12.1 Å². The Kier molecular flexibility index (Phi) is 5.62. The molecular formula is C18H21F3N4O2. The van der Waals surface area contributed by atoms with Gasteiger partial charge >= 0.3 is 6.18 Å². The Morgan fingerprint density at radius 1 is 1.15 bits per heavy atom. The summed E-state index contributed by atoms with van der Waals surface area (Å²) in [6, 6.07) is 5.09. The molecule has 0 fully saturated rings. The molecule has 1 aromatic heterocycles. The summed E-state index contributed by atoms with van der Waals surface area (Å²) in [6.45, 7) is 5.54. The minimum absolute atomic E-state index is 0.0933. The van der Waals surface area contributed by atoms with Crippen molar-refractivity contribution >= 4 is 11.9 Å². The third-order valence-corrected chi connectivity index (χ3v) is 3.92. The molecule has 6 nitrogen and oxygen atoms in total. The van der Waals surface area contributed by atoms with Crippen molar-refractivity contribution in [1.82, 2.24) is 15.3 Å². The van der Waals surface area contributed by atoms with Gasteiger partial charge in [-0.25, -0.2) is 4.98 Å². The number of nitrogens with zero attached hydrogens (tertiary/aromatic N) is 1. The number of benzene rings is 1. The monoisotopic (exact) mass is 382 g/mol. The van der Waals surface area contributed by atoms with Gasteiger partial charge in [-0.15, -0.1) is 0 Å². The first kappa shape index (κ1) is 20.5. The zero-order chi connectivity index (χ0) is 20.4. The number of anilines is 1. The Bertz CT molecular complexity index is 868. The molecular weight excluding hydrogens is 361 g/mol. The summed E-state index contributed by atoms with van der Waals surface area (Å²) in [5.41, 5.74) is -1.34. The van der Waals surface area contributed by atoms with Gasteiger partial charge < -0.3 is 10.6 Å². The number of nitrogens with one attached hydrogen (secondary N) is 3. The van der Waals surface area contributed by atoms with Crippen molar-refractivity contribution in [3.8, 4) is 0 Å². The second-order valence-electron chi connectivity index (χ2n) is 7.12. The highest BCUT2D eigenvalue weighted by molar-refractivity contribution is 5.92. The molecule has 1 aromatic carbocycles. The van der Waals surface area contributed by atoms with Crippen molar-refractivity contribution in [1.29, 1.82) is 0 Å². The molecule has 1 atom stereocenters. The summed E-state index contributed by atoms with van der Waals surface area (Å²) in [4.78, 5) is 30.6. The number of hydrogen-bond acceptors (Lipinski definition) is 4. The van der Waals surface area contributed by atoms with Gasteiger partial charge in [-0.3, -0.25) is 14.6 Å². The number of aromatic amines is 1.